The van der Waals surface area contributed by atoms with E-state index in [2.05, 4.69) is 160 Å². The standard InChI is InChI=1S/C20H24O2.2C20H24O.2C19H21FO.C19H22O/c1-15-6-8-16(9-7-15)20(12-4-2-3-5-13-20)17-10-11-18(21)19(22)14-17;1-16-6-8-17(9-7-16)20(14-4-2-3-5-15-20)18-10-12-19(21)13-11-18;1-16-7-6-8-18(15-16)20(13-4-2-3-5-14-20)17-9-11-19(21)12-10-17;1-14-5-10-17(18(20)13-14)19(11-3-2-4-12-19)15-6-8-16(21)9-7-15;20-18-8-4-3-7-17(18)19(13-5-1-2-6-14-19)15-9-11-16(21)12-10-15;20-18-12-10-17(11-13-18)19(14-6-1-2-7-15-19)16-8-4-3-5-9-16/h6-11,14,21-22H,2-5,12-13H2,1H3;6-13,21H,2-5,14-15H2,1H3;6-12,15,21H,2-5,13-14H2,1H3;5-10,13,21H,2-4,11-12H2,1H3;3-4,7-12,21H,1-2,5-6,13-14H2;3-5,8-13,20H,1-2,6-7,14-15H2. The van der Waals surface area contributed by atoms with Crippen LogP contribution in [0, 0.1) is 39.3 Å². The molecule has 126 heavy (non-hydrogen) atoms. The second-order valence-electron chi connectivity index (χ2n) is 37.5. The van der Waals surface area contributed by atoms with Gasteiger partial charge >= 0.3 is 0 Å². The van der Waals surface area contributed by atoms with Crippen LogP contribution in [0.3, 0.4) is 0 Å². The number of halogens is 2. The minimum absolute atomic E-state index is 0.0202. The molecule has 6 fully saturated rings. The van der Waals surface area contributed by atoms with Crippen molar-refractivity contribution in [3.05, 3.63) is 386 Å². The first kappa shape index (κ1) is 92.8. The maximum absolute atomic E-state index is 14.6. The molecule has 7 N–H and O–H groups in total. The van der Waals surface area contributed by atoms with Crippen molar-refractivity contribution in [3.63, 3.8) is 0 Å². The van der Waals surface area contributed by atoms with Crippen molar-refractivity contribution < 1.29 is 44.5 Å². The topological polar surface area (TPSA) is 142 Å². The van der Waals surface area contributed by atoms with Gasteiger partial charge in [0.1, 0.15) is 40.4 Å². The first-order chi connectivity index (χ1) is 61.2. The highest BCUT2D eigenvalue weighted by Gasteiger charge is 2.42. The quantitative estimate of drug-likeness (QED) is 0.0477. The predicted octanol–water partition coefficient (Wildman–Crippen LogP) is 31.0. The smallest absolute Gasteiger partial charge is 0.157 e. The highest BCUT2D eigenvalue weighted by atomic mass is 19.1. The van der Waals surface area contributed by atoms with E-state index < -0.39 is 0 Å². The lowest BCUT2D eigenvalue weighted by Gasteiger charge is -2.39. The molecule has 18 rings (SSSR count). The lowest BCUT2D eigenvalue weighted by atomic mass is 9.65. The van der Waals surface area contributed by atoms with E-state index in [0.29, 0.717) is 17.2 Å². The van der Waals surface area contributed by atoms with Gasteiger partial charge < -0.3 is 35.7 Å². The summed E-state index contributed by atoms with van der Waals surface area (Å²) >= 11 is 0. The fourth-order valence-corrected chi connectivity index (χ4v) is 22.2. The van der Waals surface area contributed by atoms with Crippen LogP contribution in [0.5, 0.6) is 40.2 Å². The summed E-state index contributed by atoms with van der Waals surface area (Å²) in [5.74, 6) is 1.29. The molecule has 0 radical (unpaired) electrons. The van der Waals surface area contributed by atoms with Crippen LogP contribution in [-0.4, -0.2) is 35.7 Å². The molecule has 0 saturated heterocycles. The number of benzene rings is 12. The third kappa shape index (κ3) is 22.5. The predicted molar refractivity (Wildman–Crippen MR) is 514 cm³/mol. The summed E-state index contributed by atoms with van der Waals surface area (Å²) in [6.07, 6.45) is 42.2. The van der Waals surface area contributed by atoms with Crippen molar-refractivity contribution in [3.8, 4) is 40.2 Å². The van der Waals surface area contributed by atoms with E-state index in [-0.39, 0.29) is 67.1 Å². The van der Waals surface area contributed by atoms with Crippen LogP contribution >= 0.6 is 0 Å². The number of aromatic hydroxyl groups is 7. The Kier molecular flexibility index (Phi) is 32.4. The van der Waals surface area contributed by atoms with Gasteiger partial charge in [-0.25, -0.2) is 8.78 Å². The van der Waals surface area contributed by atoms with Gasteiger partial charge in [-0.05, 0) is 262 Å². The minimum Gasteiger partial charge on any atom is -0.508 e. The molecule has 0 spiro atoms. The Morgan fingerprint density at radius 1 is 0.175 bits per heavy atom. The normalized spacial score (nSPS) is 18.0. The van der Waals surface area contributed by atoms with E-state index in [1.54, 1.807) is 54.6 Å². The molecule has 6 aliphatic carbocycles. The van der Waals surface area contributed by atoms with Crippen molar-refractivity contribution in [1.29, 1.82) is 0 Å². The Morgan fingerprint density at radius 2 is 0.413 bits per heavy atom. The van der Waals surface area contributed by atoms with Crippen LogP contribution in [0.25, 0.3) is 0 Å². The fraction of sp³-hybridized carbons (Fsp3) is 0.385. The number of aryl methyl sites for hydroxylation is 4. The number of phenols is 7. The zero-order valence-electron chi connectivity index (χ0n) is 75.3. The SMILES string of the molecule is Cc1ccc(C2(c3ccc(O)c(O)c3)CCCCCC2)cc1.Cc1ccc(C2(c3ccc(O)cc3)CCCCC2)c(F)c1.Cc1ccc(C2(c3ccc(O)cc3)CCCCCC2)cc1.Cc1cccc(C2(c3ccc(O)cc3)CCCCCC2)c1.Oc1ccc(C2(c3ccccc3)CCCCCC2)cc1.Oc1ccc(C2(c3ccccc3F)CCCCCC2)cc1. The van der Waals surface area contributed by atoms with E-state index in [1.165, 1.54) is 216 Å². The maximum Gasteiger partial charge on any atom is 0.157 e. The Labute approximate surface area is 750 Å². The van der Waals surface area contributed by atoms with E-state index in [1.807, 2.05) is 97.9 Å². The summed E-state index contributed by atoms with van der Waals surface area (Å²) in [6.45, 7) is 8.34. The van der Waals surface area contributed by atoms with Gasteiger partial charge in [-0.15, -0.1) is 0 Å². The van der Waals surface area contributed by atoms with Gasteiger partial charge in [-0.3, -0.25) is 0 Å². The second-order valence-corrected chi connectivity index (χ2v) is 37.5. The lowest BCUT2D eigenvalue weighted by molar-refractivity contribution is 0.335. The van der Waals surface area contributed by atoms with Gasteiger partial charge in [-0.2, -0.15) is 0 Å². The van der Waals surface area contributed by atoms with Crippen molar-refractivity contribution in [2.45, 2.75) is 285 Å². The molecule has 12 aromatic carbocycles. The van der Waals surface area contributed by atoms with Crippen LogP contribution in [-0.2, 0) is 32.5 Å². The molecule has 0 aromatic heterocycles. The van der Waals surface area contributed by atoms with E-state index >= 15 is 0 Å². The fourth-order valence-electron chi connectivity index (χ4n) is 22.2. The molecule has 0 bridgehead atoms. The summed E-state index contributed by atoms with van der Waals surface area (Å²) < 4.78 is 29.1. The largest absolute Gasteiger partial charge is 0.508 e. The molecule has 9 heteroatoms. The number of phenolic OH excluding ortho intramolecular Hbond substituents is 7. The van der Waals surface area contributed by atoms with Gasteiger partial charge in [0, 0.05) is 32.5 Å². The van der Waals surface area contributed by atoms with Crippen molar-refractivity contribution in [2.24, 2.45) is 0 Å². The van der Waals surface area contributed by atoms with Crippen molar-refractivity contribution in [1.82, 2.24) is 0 Å². The van der Waals surface area contributed by atoms with Crippen LogP contribution < -0.4 is 0 Å². The first-order valence-electron chi connectivity index (χ1n) is 47.5. The van der Waals surface area contributed by atoms with E-state index in [4.69, 9.17) is 0 Å². The van der Waals surface area contributed by atoms with Crippen molar-refractivity contribution in [2.75, 3.05) is 0 Å². The lowest BCUT2D eigenvalue weighted by Crippen LogP contribution is -2.31. The molecule has 0 aliphatic heterocycles. The van der Waals surface area contributed by atoms with Gasteiger partial charge in [0.05, 0.1) is 0 Å². The summed E-state index contributed by atoms with van der Waals surface area (Å²) in [7, 11) is 0. The third-order valence-corrected chi connectivity index (χ3v) is 29.3. The molecule has 12 aromatic rings. The number of hydrogen-bond donors (Lipinski definition) is 7. The highest BCUT2D eigenvalue weighted by molar-refractivity contribution is 5.51. The Bertz CT molecular complexity index is 5240. The molecule has 660 valence electrons. The molecule has 0 heterocycles. The Balaban J connectivity index is 0.000000130. The number of hydrogen-bond acceptors (Lipinski definition) is 7. The van der Waals surface area contributed by atoms with Gasteiger partial charge in [-0.1, -0.05) is 365 Å². The average molecular weight is 1690 g/mol. The Hall–Kier alpha value is -10.9. The second kappa shape index (κ2) is 44.0. The van der Waals surface area contributed by atoms with Gasteiger partial charge in [0.25, 0.3) is 0 Å². The molecular formula is C117H136F2O7. The third-order valence-electron chi connectivity index (χ3n) is 29.3. The zero-order chi connectivity index (χ0) is 88.4. The van der Waals surface area contributed by atoms with E-state index in [0.717, 1.165) is 97.6 Å². The molecule has 6 aliphatic rings. The monoisotopic (exact) mass is 1690 g/mol. The molecule has 6 saturated carbocycles. The molecule has 0 unspecified atom stereocenters. The van der Waals surface area contributed by atoms with Crippen LogP contribution in [0.15, 0.2) is 285 Å². The summed E-state index contributed by atoms with van der Waals surface area (Å²) in [5, 5.41) is 67.4. The van der Waals surface area contributed by atoms with Gasteiger partial charge in [0.15, 0.2) is 11.5 Å². The molecular weight excluding hydrogens is 1560 g/mol. The molecule has 0 atom stereocenters. The summed E-state index contributed by atoms with van der Waals surface area (Å²) in [4.78, 5) is 0. The van der Waals surface area contributed by atoms with E-state index in [9.17, 15) is 44.5 Å². The Morgan fingerprint density at radius 3 is 0.730 bits per heavy atom. The number of rotatable bonds is 12. The van der Waals surface area contributed by atoms with Crippen LogP contribution in [0.2, 0.25) is 0 Å². The summed E-state index contributed by atoms with van der Waals surface area (Å²) in [5.41, 5.74) is 19.3. The molecule has 7 nitrogen and oxygen atoms in total. The van der Waals surface area contributed by atoms with Crippen molar-refractivity contribution >= 4 is 0 Å². The zero-order valence-corrected chi connectivity index (χ0v) is 75.3. The average Bonchev–Trinajstić information content (AvgIpc) is 0.784. The maximum atomic E-state index is 14.6. The minimum atomic E-state index is -0.254. The summed E-state index contributed by atoms with van der Waals surface area (Å²) in [6, 6.07) is 94.0. The van der Waals surface area contributed by atoms with Gasteiger partial charge in [0.2, 0.25) is 0 Å². The highest BCUT2D eigenvalue weighted by Crippen LogP contribution is 2.52. The van der Waals surface area contributed by atoms with Crippen LogP contribution in [0.1, 0.15) is 314 Å². The first-order valence-corrected chi connectivity index (χ1v) is 47.5. The molecule has 0 amide bonds. The van der Waals surface area contributed by atoms with Crippen LogP contribution in [0.4, 0.5) is 8.78 Å².